The van der Waals surface area contributed by atoms with Crippen molar-refractivity contribution >= 4 is 40.1 Å². The first-order valence-corrected chi connectivity index (χ1v) is 12.4. The number of hydrazone groups is 1. The van der Waals surface area contributed by atoms with Crippen LogP contribution in [-0.2, 0) is 14.3 Å². The van der Waals surface area contributed by atoms with E-state index in [4.69, 9.17) is 11.6 Å². The topological polar surface area (TPSA) is 91.8 Å². The standard InChI is InChI=1S/C29H23ClFN3O4/c1-38-26(36)14-13-25(35)34-24(17-7-10-20(31)11-8-17)16-23(33-34)28-27(18-5-3-2-4-6-18)21-15-19(30)9-12-22(21)32-29(28)37/h2-12,15,24H,13-14,16H2,1H3,(H,32,37). The van der Waals surface area contributed by atoms with E-state index >= 15 is 0 Å². The van der Waals surface area contributed by atoms with Crippen LogP contribution in [0.25, 0.3) is 22.0 Å². The highest BCUT2D eigenvalue weighted by molar-refractivity contribution is 6.31. The summed E-state index contributed by atoms with van der Waals surface area (Å²) in [4.78, 5) is 41.4. The molecule has 1 unspecified atom stereocenters. The fourth-order valence-corrected chi connectivity index (χ4v) is 4.88. The molecule has 1 amide bonds. The molecule has 0 spiro atoms. The third kappa shape index (κ3) is 4.95. The number of nitrogens with one attached hydrogen (secondary N) is 1. The van der Waals surface area contributed by atoms with Crippen LogP contribution in [-0.4, -0.2) is 34.7 Å². The number of hydrogen-bond donors (Lipinski definition) is 1. The number of carbonyl (C=O) groups excluding carboxylic acids is 2. The maximum atomic E-state index is 13.7. The number of benzene rings is 3. The zero-order valence-electron chi connectivity index (χ0n) is 20.4. The monoisotopic (exact) mass is 531 g/mol. The molecule has 5 rings (SSSR count). The summed E-state index contributed by atoms with van der Waals surface area (Å²) in [6, 6.07) is 19.8. The molecule has 9 heteroatoms. The molecule has 2 heterocycles. The number of halogens is 2. The van der Waals surface area contributed by atoms with E-state index in [1.54, 1.807) is 30.3 Å². The van der Waals surface area contributed by atoms with Gasteiger partial charge in [-0.3, -0.25) is 14.4 Å². The molecular formula is C29H23ClFN3O4. The van der Waals surface area contributed by atoms with Crippen LogP contribution in [0.2, 0.25) is 5.02 Å². The number of aromatic nitrogens is 1. The van der Waals surface area contributed by atoms with Gasteiger partial charge in [0.05, 0.1) is 30.8 Å². The molecule has 0 saturated carbocycles. The van der Waals surface area contributed by atoms with Crippen molar-refractivity contribution in [2.75, 3.05) is 7.11 Å². The zero-order valence-corrected chi connectivity index (χ0v) is 21.2. The Morgan fingerprint density at radius 1 is 1.05 bits per heavy atom. The average molecular weight is 532 g/mol. The predicted molar refractivity (Wildman–Crippen MR) is 143 cm³/mol. The SMILES string of the molecule is COC(=O)CCC(=O)N1N=C(c2c(-c3ccccc3)c3cc(Cl)ccc3[nH]c2=O)CC1c1ccc(F)cc1. The van der Waals surface area contributed by atoms with Gasteiger partial charge >= 0.3 is 5.97 Å². The third-order valence-electron chi connectivity index (χ3n) is 6.52. The predicted octanol–water partition coefficient (Wildman–Crippen LogP) is 5.62. The first kappa shape index (κ1) is 25.4. The number of fused-ring (bicyclic) bond motifs is 1. The smallest absolute Gasteiger partial charge is 0.306 e. The number of nitrogens with zero attached hydrogens (tertiary/aromatic N) is 2. The molecule has 4 aromatic rings. The van der Waals surface area contributed by atoms with E-state index in [-0.39, 0.29) is 24.8 Å². The molecule has 1 aliphatic heterocycles. The Labute approximate surface area is 222 Å². The normalized spacial score (nSPS) is 15.0. The number of carbonyl (C=O) groups is 2. The number of pyridine rings is 1. The van der Waals surface area contributed by atoms with Gasteiger partial charge in [0.15, 0.2) is 0 Å². The summed E-state index contributed by atoms with van der Waals surface area (Å²) in [5.41, 5.74) is 3.05. The van der Waals surface area contributed by atoms with Crippen molar-refractivity contribution in [3.63, 3.8) is 0 Å². The minimum atomic E-state index is -0.589. The molecular weight excluding hydrogens is 509 g/mol. The van der Waals surface area contributed by atoms with Gasteiger partial charge in [-0.25, -0.2) is 9.40 Å². The lowest BCUT2D eigenvalue weighted by Crippen LogP contribution is -2.27. The summed E-state index contributed by atoms with van der Waals surface area (Å²) >= 11 is 6.34. The highest BCUT2D eigenvalue weighted by Gasteiger charge is 2.35. The molecule has 0 aliphatic carbocycles. The van der Waals surface area contributed by atoms with Gasteiger partial charge in [-0.15, -0.1) is 0 Å². The minimum absolute atomic E-state index is 0.114. The Morgan fingerprint density at radius 2 is 1.79 bits per heavy atom. The Balaban J connectivity index is 1.67. The molecule has 1 aromatic heterocycles. The molecule has 1 atom stereocenters. The summed E-state index contributed by atoms with van der Waals surface area (Å²) < 4.78 is 18.3. The van der Waals surface area contributed by atoms with Crippen molar-refractivity contribution in [3.8, 4) is 11.1 Å². The molecule has 1 aliphatic rings. The molecule has 38 heavy (non-hydrogen) atoms. The average Bonchev–Trinajstić information content (AvgIpc) is 3.37. The van der Waals surface area contributed by atoms with Crippen molar-refractivity contribution in [2.45, 2.75) is 25.3 Å². The molecule has 0 bridgehead atoms. The molecule has 1 N–H and O–H groups in total. The molecule has 192 valence electrons. The van der Waals surface area contributed by atoms with Gasteiger partial charge in [-0.2, -0.15) is 5.10 Å². The van der Waals surface area contributed by atoms with Crippen LogP contribution in [0.1, 0.15) is 36.4 Å². The van der Waals surface area contributed by atoms with E-state index < -0.39 is 23.7 Å². The van der Waals surface area contributed by atoms with Crippen LogP contribution >= 0.6 is 11.6 Å². The maximum Gasteiger partial charge on any atom is 0.306 e. The highest BCUT2D eigenvalue weighted by Crippen LogP contribution is 2.37. The highest BCUT2D eigenvalue weighted by atomic mass is 35.5. The Kier molecular flexibility index (Phi) is 7.07. The fraction of sp³-hybridized carbons (Fsp3) is 0.172. The van der Waals surface area contributed by atoms with E-state index in [2.05, 4.69) is 14.8 Å². The van der Waals surface area contributed by atoms with E-state index in [1.165, 1.54) is 24.3 Å². The second kappa shape index (κ2) is 10.6. The van der Waals surface area contributed by atoms with Gasteiger partial charge in [0.1, 0.15) is 5.82 Å². The van der Waals surface area contributed by atoms with E-state index in [0.717, 1.165) is 10.9 Å². The lowest BCUT2D eigenvalue weighted by atomic mass is 9.91. The van der Waals surface area contributed by atoms with Crippen molar-refractivity contribution < 1.29 is 18.7 Å². The molecule has 0 fully saturated rings. The summed E-state index contributed by atoms with van der Waals surface area (Å²) in [7, 11) is 1.25. The fourth-order valence-electron chi connectivity index (χ4n) is 4.71. The number of H-pyrrole nitrogens is 1. The van der Waals surface area contributed by atoms with Crippen molar-refractivity contribution in [1.82, 2.24) is 9.99 Å². The number of ether oxygens (including phenoxy) is 1. The summed E-state index contributed by atoms with van der Waals surface area (Å²) in [5.74, 6) is -1.35. The van der Waals surface area contributed by atoms with Gasteiger partial charge in [0, 0.05) is 34.3 Å². The number of aromatic amines is 1. The second-order valence-electron chi connectivity index (χ2n) is 8.89. The third-order valence-corrected chi connectivity index (χ3v) is 6.75. The van der Waals surface area contributed by atoms with E-state index in [1.807, 2.05) is 30.3 Å². The summed E-state index contributed by atoms with van der Waals surface area (Å²) in [6.07, 6.45) is -0.0297. The molecule has 3 aromatic carbocycles. The first-order chi connectivity index (χ1) is 18.4. The number of amides is 1. The molecule has 0 saturated heterocycles. The minimum Gasteiger partial charge on any atom is -0.469 e. The Morgan fingerprint density at radius 3 is 2.50 bits per heavy atom. The van der Waals surface area contributed by atoms with Gasteiger partial charge in [0.2, 0.25) is 5.91 Å². The van der Waals surface area contributed by atoms with Gasteiger partial charge in [-0.1, -0.05) is 54.1 Å². The Bertz CT molecular complexity index is 1620. The summed E-state index contributed by atoms with van der Waals surface area (Å²) in [5, 5.41) is 7.14. The largest absolute Gasteiger partial charge is 0.469 e. The number of hydrogen-bond acceptors (Lipinski definition) is 5. The van der Waals surface area contributed by atoms with Gasteiger partial charge in [-0.05, 0) is 41.5 Å². The van der Waals surface area contributed by atoms with E-state index in [9.17, 15) is 18.8 Å². The van der Waals surface area contributed by atoms with Crippen LogP contribution in [0.5, 0.6) is 0 Å². The number of methoxy groups -OCH3 is 1. The van der Waals surface area contributed by atoms with Gasteiger partial charge < -0.3 is 9.72 Å². The maximum absolute atomic E-state index is 13.7. The summed E-state index contributed by atoms with van der Waals surface area (Å²) in [6.45, 7) is 0. The van der Waals surface area contributed by atoms with Gasteiger partial charge in [0.25, 0.3) is 5.56 Å². The van der Waals surface area contributed by atoms with Crippen molar-refractivity contribution in [3.05, 3.63) is 105 Å². The number of rotatable bonds is 6. The first-order valence-electron chi connectivity index (χ1n) is 12.0. The van der Waals surface area contributed by atoms with Crippen LogP contribution in [0.3, 0.4) is 0 Å². The Hall–Kier alpha value is -4.30. The molecule has 0 radical (unpaired) electrons. The van der Waals surface area contributed by atoms with E-state index in [0.29, 0.717) is 32.9 Å². The van der Waals surface area contributed by atoms with Crippen LogP contribution < -0.4 is 5.56 Å². The zero-order chi connectivity index (χ0) is 26.8. The van der Waals surface area contributed by atoms with Crippen molar-refractivity contribution in [2.24, 2.45) is 5.10 Å². The second-order valence-corrected chi connectivity index (χ2v) is 9.33. The lowest BCUT2D eigenvalue weighted by Gasteiger charge is -2.22. The van der Waals surface area contributed by atoms with Crippen LogP contribution in [0.4, 0.5) is 4.39 Å². The quantitative estimate of drug-likeness (QED) is 0.327. The van der Waals surface area contributed by atoms with Crippen molar-refractivity contribution in [1.29, 1.82) is 0 Å². The number of esters is 1. The van der Waals surface area contributed by atoms with Crippen LogP contribution in [0.15, 0.2) is 82.7 Å². The molecule has 7 nitrogen and oxygen atoms in total. The lowest BCUT2D eigenvalue weighted by molar-refractivity contribution is -0.144. The van der Waals surface area contributed by atoms with Crippen LogP contribution in [0, 0.1) is 5.82 Å².